The number of nitrogen functional groups attached to an aromatic ring is 1. The highest BCUT2D eigenvalue weighted by Crippen LogP contribution is 2.28. The van der Waals surface area contributed by atoms with E-state index in [1.54, 1.807) is 13.1 Å². The number of carbonyl (C=O) groups is 1. The Hall–Kier alpha value is -2.63. The third-order valence-electron chi connectivity index (χ3n) is 3.00. The van der Waals surface area contributed by atoms with Crippen LogP contribution in [0.25, 0.3) is 21.8 Å². The summed E-state index contributed by atoms with van der Waals surface area (Å²) in [6.45, 7) is 1.78. The molecule has 3 aromatic rings. The third kappa shape index (κ3) is 1.87. The van der Waals surface area contributed by atoms with Gasteiger partial charge in [-0.2, -0.15) is 4.98 Å². The van der Waals surface area contributed by atoms with Gasteiger partial charge in [0.2, 0.25) is 11.9 Å². The molecule has 4 N–H and O–H groups in total. The first kappa shape index (κ1) is 11.5. The van der Waals surface area contributed by atoms with E-state index in [-0.39, 0.29) is 5.91 Å². The molecular formula is C13H13N5O. The molecule has 96 valence electrons. The molecule has 19 heavy (non-hydrogen) atoms. The van der Waals surface area contributed by atoms with Crippen LogP contribution >= 0.6 is 0 Å². The fourth-order valence-electron chi connectivity index (χ4n) is 2.07. The maximum Gasteiger partial charge on any atom is 0.226 e. The second-order valence-electron chi connectivity index (χ2n) is 4.24. The molecule has 2 aromatic heterocycles. The summed E-state index contributed by atoms with van der Waals surface area (Å²) in [5, 5.41) is 4.44. The highest BCUT2D eigenvalue weighted by molar-refractivity contribution is 6.10. The molecule has 1 amide bonds. The number of aromatic nitrogens is 3. The Morgan fingerprint density at radius 2 is 2.26 bits per heavy atom. The minimum absolute atomic E-state index is 0.112. The smallest absolute Gasteiger partial charge is 0.226 e. The zero-order chi connectivity index (χ0) is 13.4. The van der Waals surface area contributed by atoms with Crippen molar-refractivity contribution in [1.29, 1.82) is 0 Å². The number of benzene rings is 1. The Balaban J connectivity index is 2.21. The molecule has 6 nitrogen and oxygen atoms in total. The molecule has 6 heteroatoms. The van der Waals surface area contributed by atoms with E-state index in [9.17, 15) is 4.79 Å². The van der Waals surface area contributed by atoms with E-state index in [1.807, 2.05) is 18.2 Å². The van der Waals surface area contributed by atoms with E-state index in [0.717, 1.165) is 21.8 Å². The van der Waals surface area contributed by atoms with Gasteiger partial charge >= 0.3 is 0 Å². The van der Waals surface area contributed by atoms with Gasteiger partial charge in [-0.3, -0.25) is 15.1 Å². The normalized spacial score (nSPS) is 11.0. The van der Waals surface area contributed by atoms with Crippen molar-refractivity contribution in [2.45, 2.75) is 13.3 Å². The van der Waals surface area contributed by atoms with Crippen LogP contribution in [0.2, 0.25) is 0 Å². The van der Waals surface area contributed by atoms with Gasteiger partial charge in [0.05, 0.1) is 11.0 Å². The van der Waals surface area contributed by atoms with Crippen molar-refractivity contribution in [2.24, 2.45) is 0 Å². The van der Waals surface area contributed by atoms with Crippen molar-refractivity contribution in [3.8, 4) is 0 Å². The van der Waals surface area contributed by atoms with Gasteiger partial charge in [-0.1, -0.05) is 6.92 Å². The van der Waals surface area contributed by atoms with Gasteiger partial charge in [0, 0.05) is 23.4 Å². The lowest BCUT2D eigenvalue weighted by Gasteiger charge is -2.08. The summed E-state index contributed by atoms with van der Waals surface area (Å²) in [6.07, 6.45) is 2.12. The Morgan fingerprint density at radius 1 is 1.42 bits per heavy atom. The number of carbonyl (C=O) groups excluding carboxylic acids is 1. The summed E-state index contributed by atoms with van der Waals surface area (Å²) in [5.41, 5.74) is 7.68. The molecule has 0 aliphatic heterocycles. The third-order valence-corrected chi connectivity index (χ3v) is 3.00. The number of hydrogen-bond donors (Lipinski definition) is 3. The topological polar surface area (TPSA) is 96.7 Å². The van der Waals surface area contributed by atoms with Gasteiger partial charge in [0.1, 0.15) is 5.82 Å². The van der Waals surface area contributed by atoms with Gasteiger partial charge in [-0.25, -0.2) is 0 Å². The molecule has 0 saturated heterocycles. The molecule has 0 aliphatic carbocycles. The molecule has 0 unspecified atom stereocenters. The van der Waals surface area contributed by atoms with E-state index in [1.165, 1.54) is 0 Å². The van der Waals surface area contributed by atoms with Gasteiger partial charge in [-0.15, -0.1) is 0 Å². The summed E-state index contributed by atoms with van der Waals surface area (Å²) >= 11 is 0. The van der Waals surface area contributed by atoms with Crippen LogP contribution in [0.4, 0.5) is 11.8 Å². The summed E-state index contributed by atoms with van der Waals surface area (Å²) in [4.78, 5) is 22.9. The fourth-order valence-corrected chi connectivity index (χ4v) is 2.07. The minimum Gasteiger partial charge on any atom is -0.383 e. The molecule has 0 spiro atoms. The second-order valence-corrected chi connectivity index (χ2v) is 4.24. The van der Waals surface area contributed by atoms with Gasteiger partial charge in [-0.05, 0) is 18.2 Å². The lowest BCUT2D eigenvalue weighted by molar-refractivity contribution is -0.115. The van der Waals surface area contributed by atoms with E-state index < -0.39 is 0 Å². The molecule has 0 saturated carbocycles. The van der Waals surface area contributed by atoms with E-state index >= 15 is 0 Å². The Bertz CT molecular complexity index is 777. The number of H-pyrrole nitrogens is 1. The average molecular weight is 255 g/mol. The number of fused-ring (bicyclic) bond motifs is 3. The zero-order valence-electron chi connectivity index (χ0n) is 10.4. The standard InChI is InChI=1S/C13H13N5O/c1-2-10(19)17-13-16-9-4-3-8-7(5-6-15-8)11(9)12(14)18-13/h3-6H,2,14H2,1H3,(H2,16,17,18,19). The maximum absolute atomic E-state index is 11.4. The number of aromatic amines is 1. The summed E-state index contributed by atoms with van der Waals surface area (Å²) in [7, 11) is 0. The van der Waals surface area contributed by atoms with Crippen molar-refractivity contribution < 1.29 is 4.79 Å². The Labute approximate surface area is 109 Å². The largest absolute Gasteiger partial charge is 0.383 e. The Morgan fingerprint density at radius 3 is 3.05 bits per heavy atom. The molecule has 0 atom stereocenters. The number of rotatable bonds is 2. The average Bonchev–Trinajstić information content (AvgIpc) is 2.86. The molecule has 1 aromatic carbocycles. The first-order chi connectivity index (χ1) is 9.19. The van der Waals surface area contributed by atoms with Gasteiger partial charge in [0.15, 0.2) is 0 Å². The van der Waals surface area contributed by atoms with Crippen LogP contribution in [-0.4, -0.2) is 20.9 Å². The van der Waals surface area contributed by atoms with Crippen molar-refractivity contribution >= 4 is 39.5 Å². The van der Waals surface area contributed by atoms with E-state index in [2.05, 4.69) is 20.3 Å². The lowest BCUT2D eigenvalue weighted by Crippen LogP contribution is -2.13. The van der Waals surface area contributed by atoms with Crippen LogP contribution in [0.3, 0.4) is 0 Å². The molecule has 2 heterocycles. The van der Waals surface area contributed by atoms with Crippen LogP contribution < -0.4 is 11.1 Å². The van der Waals surface area contributed by atoms with Gasteiger partial charge in [0.25, 0.3) is 0 Å². The van der Waals surface area contributed by atoms with Crippen LogP contribution in [0.1, 0.15) is 13.3 Å². The highest BCUT2D eigenvalue weighted by Gasteiger charge is 2.09. The molecule has 0 bridgehead atoms. The number of nitrogens with one attached hydrogen (secondary N) is 2. The van der Waals surface area contributed by atoms with Crippen LogP contribution in [0, 0.1) is 0 Å². The number of anilines is 2. The summed E-state index contributed by atoms with van der Waals surface area (Å²) in [6, 6.07) is 5.68. The summed E-state index contributed by atoms with van der Waals surface area (Å²) < 4.78 is 0. The molecule has 3 rings (SSSR count). The predicted molar refractivity (Wildman–Crippen MR) is 74.7 cm³/mol. The Kier molecular flexibility index (Phi) is 2.56. The van der Waals surface area contributed by atoms with Crippen molar-refractivity contribution in [3.63, 3.8) is 0 Å². The SMILES string of the molecule is CCC(=O)Nc1nc(N)c2c(ccc3nccc32)[nH]1. The molecule has 0 fully saturated rings. The van der Waals surface area contributed by atoms with E-state index in [4.69, 9.17) is 5.73 Å². The first-order valence-corrected chi connectivity index (χ1v) is 6.02. The number of hydrogen-bond acceptors (Lipinski definition) is 4. The zero-order valence-corrected chi connectivity index (χ0v) is 10.4. The molecule has 0 aliphatic rings. The maximum atomic E-state index is 11.4. The lowest BCUT2D eigenvalue weighted by atomic mass is 10.1. The van der Waals surface area contributed by atoms with Crippen molar-refractivity contribution in [2.75, 3.05) is 11.1 Å². The highest BCUT2D eigenvalue weighted by atomic mass is 16.1. The van der Waals surface area contributed by atoms with Gasteiger partial charge < -0.3 is 10.7 Å². The van der Waals surface area contributed by atoms with E-state index in [0.29, 0.717) is 18.2 Å². The minimum atomic E-state index is -0.112. The fraction of sp³-hybridized carbons (Fsp3) is 0.154. The summed E-state index contributed by atoms with van der Waals surface area (Å²) in [5.74, 6) is 0.619. The predicted octanol–water partition coefficient (Wildman–Crippen LogP) is 2.04. The number of nitrogens with zero attached hydrogens (tertiary/aromatic N) is 2. The van der Waals surface area contributed by atoms with Crippen molar-refractivity contribution in [3.05, 3.63) is 24.4 Å². The van der Waals surface area contributed by atoms with Crippen LogP contribution in [-0.2, 0) is 4.79 Å². The number of amides is 1. The molecule has 0 radical (unpaired) electrons. The number of nitrogens with two attached hydrogens (primary N) is 1. The molecular weight excluding hydrogens is 242 g/mol. The quantitative estimate of drug-likeness (QED) is 0.652. The first-order valence-electron chi connectivity index (χ1n) is 6.02. The monoisotopic (exact) mass is 255 g/mol. The van der Waals surface area contributed by atoms with Crippen LogP contribution in [0.15, 0.2) is 24.4 Å². The van der Waals surface area contributed by atoms with Crippen molar-refractivity contribution in [1.82, 2.24) is 15.0 Å². The second kappa shape index (κ2) is 4.24. The van der Waals surface area contributed by atoms with Crippen LogP contribution in [0.5, 0.6) is 0 Å².